The van der Waals surface area contributed by atoms with Gasteiger partial charge >= 0.3 is 6.03 Å². The van der Waals surface area contributed by atoms with E-state index in [0.717, 1.165) is 17.2 Å². The summed E-state index contributed by atoms with van der Waals surface area (Å²) in [6, 6.07) is 7.45. The van der Waals surface area contributed by atoms with Crippen LogP contribution in [0.2, 0.25) is 0 Å². The Balaban J connectivity index is 2.68. The van der Waals surface area contributed by atoms with E-state index in [0.29, 0.717) is 0 Å². The van der Waals surface area contributed by atoms with Crippen LogP contribution in [-0.2, 0) is 11.3 Å². The maximum absolute atomic E-state index is 11.4. The Kier molecular flexibility index (Phi) is 4.12. The molecular weight excluding hydrogens is 192 g/mol. The third kappa shape index (κ3) is 3.25. The van der Waals surface area contributed by atoms with E-state index in [-0.39, 0.29) is 6.03 Å². The highest BCUT2D eigenvalue weighted by molar-refractivity contribution is 5.88. The minimum Gasteiger partial charge on any atom is -0.306 e. The number of hydroxylamine groups is 2. The number of benzene rings is 1. The van der Waals surface area contributed by atoms with Crippen molar-refractivity contribution < 1.29 is 9.63 Å². The molecule has 4 nitrogen and oxygen atoms in total. The zero-order valence-corrected chi connectivity index (χ0v) is 9.28. The molecule has 0 aliphatic carbocycles. The summed E-state index contributed by atoms with van der Waals surface area (Å²) in [6.07, 6.45) is 0.948. The van der Waals surface area contributed by atoms with Gasteiger partial charge in [-0.3, -0.25) is 4.84 Å². The molecule has 0 aromatic heterocycles. The largest absolute Gasteiger partial charge is 0.345 e. The molecular formula is C11H16N2O2. The summed E-state index contributed by atoms with van der Waals surface area (Å²) < 4.78 is 0. The maximum Gasteiger partial charge on any atom is 0.345 e. The third-order valence-electron chi connectivity index (χ3n) is 2.15. The Bertz CT molecular complexity index is 339. The van der Waals surface area contributed by atoms with Crippen LogP contribution in [0.5, 0.6) is 0 Å². The van der Waals surface area contributed by atoms with E-state index in [9.17, 15) is 4.79 Å². The van der Waals surface area contributed by atoms with Gasteiger partial charge in [0.1, 0.15) is 0 Å². The van der Waals surface area contributed by atoms with Crippen LogP contribution in [0.25, 0.3) is 0 Å². The number of hydrogen-bond acceptors (Lipinski definition) is 2. The van der Waals surface area contributed by atoms with E-state index in [1.54, 1.807) is 7.05 Å². The summed E-state index contributed by atoms with van der Waals surface area (Å²) in [6.45, 7) is 2.07. The second kappa shape index (κ2) is 5.36. The zero-order chi connectivity index (χ0) is 11.3. The van der Waals surface area contributed by atoms with Crippen molar-refractivity contribution in [2.75, 3.05) is 19.5 Å². The van der Waals surface area contributed by atoms with Crippen molar-refractivity contribution in [1.29, 1.82) is 0 Å². The molecule has 0 bridgehead atoms. The molecule has 1 aromatic rings. The smallest absolute Gasteiger partial charge is 0.306 e. The van der Waals surface area contributed by atoms with E-state index >= 15 is 0 Å². The lowest BCUT2D eigenvalue weighted by atomic mass is 10.1. The molecule has 1 rings (SSSR count). The second-order valence-corrected chi connectivity index (χ2v) is 3.16. The standard InChI is InChI=1S/C11H16N2O2/c1-4-9-6-5-7-10(8-9)12-11(14)13(2)15-3/h5-8H,4H2,1-3H3,(H,12,14). The van der Waals surface area contributed by atoms with Crippen LogP contribution in [0.3, 0.4) is 0 Å². The average molecular weight is 208 g/mol. The number of carbonyl (C=O) groups excluding carboxylic acids is 1. The number of nitrogens with one attached hydrogen (secondary N) is 1. The number of aryl methyl sites for hydroxylation is 1. The first-order valence-corrected chi connectivity index (χ1v) is 4.85. The van der Waals surface area contributed by atoms with Crippen LogP contribution in [0.4, 0.5) is 10.5 Å². The lowest BCUT2D eigenvalue weighted by Crippen LogP contribution is -2.30. The quantitative estimate of drug-likeness (QED) is 0.774. The van der Waals surface area contributed by atoms with Crippen molar-refractivity contribution in [3.05, 3.63) is 29.8 Å². The van der Waals surface area contributed by atoms with Gasteiger partial charge in [-0.1, -0.05) is 19.1 Å². The Morgan fingerprint density at radius 1 is 1.53 bits per heavy atom. The van der Waals surface area contributed by atoms with Crippen LogP contribution in [-0.4, -0.2) is 25.3 Å². The lowest BCUT2D eigenvalue weighted by Gasteiger charge is -2.14. The van der Waals surface area contributed by atoms with Gasteiger partial charge in [0.15, 0.2) is 0 Å². The normalized spacial score (nSPS) is 9.80. The first-order valence-electron chi connectivity index (χ1n) is 4.85. The molecule has 0 fully saturated rings. The first-order chi connectivity index (χ1) is 7.17. The van der Waals surface area contributed by atoms with Gasteiger partial charge in [-0.25, -0.2) is 9.86 Å². The molecule has 1 aromatic carbocycles. The van der Waals surface area contributed by atoms with Crippen molar-refractivity contribution in [3.8, 4) is 0 Å². The third-order valence-corrected chi connectivity index (χ3v) is 2.15. The van der Waals surface area contributed by atoms with Gasteiger partial charge in [0.2, 0.25) is 0 Å². The monoisotopic (exact) mass is 208 g/mol. The summed E-state index contributed by atoms with van der Waals surface area (Å²) in [5.41, 5.74) is 1.97. The molecule has 82 valence electrons. The number of nitrogens with zero attached hydrogens (tertiary/aromatic N) is 1. The first kappa shape index (κ1) is 11.5. The van der Waals surface area contributed by atoms with Crippen molar-refractivity contribution in [1.82, 2.24) is 5.06 Å². The predicted octanol–water partition coefficient (Wildman–Crippen LogP) is 2.27. The van der Waals surface area contributed by atoms with Crippen molar-refractivity contribution in [2.45, 2.75) is 13.3 Å². The number of urea groups is 1. The van der Waals surface area contributed by atoms with E-state index in [4.69, 9.17) is 4.84 Å². The van der Waals surface area contributed by atoms with Crippen LogP contribution >= 0.6 is 0 Å². The Morgan fingerprint density at radius 2 is 2.27 bits per heavy atom. The fourth-order valence-corrected chi connectivity index (χ4v) is 1.15. The number of rotatable bonds is 3. The van der Waals surface area contributed by atoms with Crippen LogP contribution in [0.15, 0.2) is 24.3 Å². The zero-order valence-electron chi connectivity index (χ0n) is 9.28. The Morgan fingerprint density at radius 3 is 2.87 bits per heavy atom. The molecule has 2 amide bonds. The van der Waals surface area contributed by atoms with E-state index in [2.05, 4.69) is 12.2 Å². The second-order valence-electron chi connectivity index (χ2n) is 3.16. The van der Waals surface area contributed by atoms with Gasteiger partial charge in [0.25, 0.3) is 0 Å². The molecule has 4 heteroatoms. The lowest BCUT2D eigenvalue weighted by molar-refractivity contribution is -0.0598. The molecule has 0 spiro atoms. The van der Waals surface area contributed by atoms with Crippen LogP contribution in [0.1, 0.15) is 12.5 Å². The fraction of sp³-hybridized carbons (Fsp3) is 0.364. The SMILES string of the molecule is CCc1cccc(NC(=O)N(C)OC)c1. The molecule has 0 aliphatic rings. The topological polar surface area (TPSA) is 41.6 Å². The summed E-state index contributed by atoms with van der Waals surface area (Å²) in [5, 5.41) is 3.87. The molecule has 0 saturated heterocycles. The Labute approximate surface area is 89.8 Å². The minimum absolute atomic E-state index is 0.286. The molecule has 0 heterocycles. The molecule has 0 radical (unpaired) electrons. The highest BCUT2D eigenvalue weighted by Gasteiger charge is 2.07. The fourth-order valence-electron chi connectivity index (χ4n) is 1.15. The van der Waals surface area contributed by atoms with E-state index < -0.39 is 0 Å². The van der Waals surface area contributed by atoms with Gasteiger partial charge in [0.05, 0.1) is 7.11 Å². The molecule has 0 unspecified atom stereocenters. The molecule has 0 aliphatic heterocycles. The number of hydrogen-bond donors (Lipinski definition) is 1. The average Bonchev–Trinajstić information content (AvgIpc) is 2.28. The number of amides is 2. The van der Waals surface area contributed by atoms with Crippen molar-refractivity contribution >= 4 is 11.7 Å². The Hall–Kier alpha value is -1.55. The van der Waals surface area contributed by atoms with Crippen LogP contribution < -0.4 is 5.32 Å². The van der Waals surface area contributed by atoms with Gasteiger partial charge < -0.3 is 5.32 Å². The predicted molar refractivity (Wildman–Crippen MR) is 59.6 cm³/mol. The number of anilines is 1. The highest BCUT2D eigenvalue weighted by atomic mass is 16.7. The molecule has 15 heavy (non-hydrogen) atoms. The summed E-state index contributed by atoms with van der Waals surface area (Å²) in [5.74, 6) is 0. The van der Waals surface area contributed by atoms with Gasteiger partial charge in [-0.05, 0) is 24.1 Å². The molecule has 0 atom stereocenters. The van der Waals surface area contributed by atoms with Gasteiger partial charge in [-0.15, -0.1) is 0 Å². The van der Waals surface area contributed by atoms with Gasteiger partial charge in [0, 0.05) is 12.7 Å². The van der Waals surface area contributed by atoms with Crippen LogP contribution in [0, 0.1) is 0 Å². The summed E-state index contributed by atoms with van der Waals surface area (Å²) in [7, 11) is 3.00. The number of carbonyl (C=O) groups is 1. The maximum atomic E-state index is 11.4. The van der Waals surface area contributed by atoms with E-state index in [1.165, 1.54) is 12.7 Å². The summed E-state index contributed by atoms with van der Waals surface area (Å²) in [4.78, 5) is 16.2. The van der Waals surface area contributed by atoms with Gasteiger partial charge in [-0.2, -0.15) is 0 Å². The summed E-state index contributed by atoms with van der Waals surface area (Å²) >= 11 is 0. The molecule has 1 N–H and O–H groups in total. The highest BCUT2D eigenvalue weighted by Crippen LogP contribution is 2.11. The minimum atomic E-state index is -0.286. The van der Waals surface area contributed by atoms with Crippen molar-refractivity contribution in [3.63, 3.8) is 0 Å². The molecule has 0 saturated carbocycles. The van der Waals surface area contributed by atoms with Crippen molar-refractivity contribution in [2.24, 2.45) is 0 Å². The van der Waals surface area contributed by atoms with E-state index in [1.807, 2.05) is 24.3 Å².